The smallest absolute Gasteiger partial charge is 0.458 e. The predicted octanol–water partition coefficient (Wildman–Crippen LogP) is 11.2. The zero-order chi connectivity index (χ0) is 37.5. The molecule has 0 aromatic rings. The highest BCUT2D eigenvalue weighted by Crippen LogP contribution is 2.43. The molecule has 1 unspecified atom stereocenters. The fourth-order valence-corrected chi connectivity index (χ4v) is 6.07. The summed E-state index contributed by atoms with van der Waals surface area (Å²) in [6, 6.07) is 0. The lowest BCUT2D eigenvalue weighted by Crippen LogP contribution is -2.29. The SMILES string of the molecule is CCCCCC/C=C/C=C/CCCCCCCC(=O)O[C@H](COC(=O)/C=C/C=C/CCCCCCCCCCCCC)COP(=O)(O)OCCN. The number of unbranched alkanes of at least 4 members (excludes halogenated alkanes) is 20. The van der Waals surface area contributed by atoms with Crippen LogP contribution >= 0.6 is 7.82 Å². The third-order valence-electron chi connectivity index (χ3n) is 8.32. The van der Waals surface area contributed by atoms with Gasteiger partial charge in [-0.2, -0.15) is 0 Å². The van der Waals surface area contributed by atoms with E-state index in [2.05, 4.69) is 38.2 Å². The Morgan fingerprint density at radius 1 is 0.627 bits per heavy atom. The van der Waals surface area contributed by atoms with E-state index >= 15 is 0 Å². The molecule has 51 heavy (non-hydrogen) atoms. The van der Waals surface area contributed by atoms with E-state index in [0.717, 1.165) is 51.4 Å². The molecule has 0 aliphatic heterocycles. The number of ether oxygens (including phenoxy) is 2. The van der Waals surface area contributed by atoms with Gasteiger partial charge in [-0.15, -0.1) is 0 Å². The summed E-state index contributed by atoms with van der Waals surface area (Å²) in [6.45, 7) is 3.55. The van der Waals surface area contributed by atoms with Crippen molar-refractivity contribution in [1.82, 2.24) is 0 Å². The van der Waals surface area contributed by atoms with E-state index in [1.54, 1.807) is 6.08 Å². The number of esters is 2. The van der Waals surface area contributed by atoms with Crippen LogP contribution in [-0.2, 0) is 32.7 Å². The topological polar surface area (TPSA) is 134 Å². The zero-order valence-electron chi connectivity index (χ0n) is 32.3. The van der Waals surface area contributed by atoms with Gasteiger partial charge in [-0.3, -0.25) is 13.8 Å². The van der Waals surface area contributed by atoms with Gasteiger partial charge in [-0.25, -0.2) is 9.36 Å². The summed E-state index contributed by atoms with van der Waals surface area (Å²) in [5, 5.41) is 0. The van der Waals surface area contributed by atoms with Crippen LogP contribution in [0.2, 0.25) is 0 Å². The van der Waals surface area contributed by atoms with E-state index in [9.17, 15) is 19.0 Å². The first kappa shape index (κ1) is 49.0. The number of rotatable bonds is 37. The Balaban J connectivity index is 4.33. The van der Waals surface area contributed by atoms with E-state index in [0.29, 0.717) is 6.42 Å². The molecule has 3 N–H and O–H groups in total. The minimum atomic E-state index is -4.40. The number of phosphoric ester groups is 1. The van der Waals surface area contributed by atoms with Crippen LogP contribution in [0.1, 0.15) is 168 Å². The standard InChI is InChI=1S/C41H74NO8P/c1-3-5-7-9-11-13-15-17-19-21-23-25-27-29-31-33-40(43)47-37-39(38-49-51(45,46)48-36-35-42)50-41(44)34-32-30-28-26-24-22-20-18-16-14-12-10-8-6-4-2/h14,16,18,20,27,29,31,33,39H,3-13,15,17,19,21-26,28,30,32,34-38,42H2,1-2H3,(H,45,46)/b16-14+,20-18+,29-27+,33-31+/t39-/m1/s1. The van der Waals surface area contributed by atoms with Gasteiger partial charge in [0.2, 0.25) is 0 Å². The summed E-state index contributed by atoms with van der Waals surface area (Å²) in [7, 11) is -4.40. The fourth-order valence-electron chi connectivity index (χ4n) is 5.30. The molecule has 0 rings (SSSR count). The molecule has 0 aromatic carbocycles. The number of carbonyl (C=O) groups is 2. The highest BCUT2D eigenvalue weighted by Gasteiger charge is 2.25. The minimum Gasteiger partial charge on any atom is -0.458 e. The number of carbonyl (C=O) groups excluding carboxylic acids is 2. The Hall–Kier alpha value is -2.03. The second kappa shape index (κ2) is 37.7. The van der Waals surface area contributed by atoms with Crippen LogP contribution in [0.3, 0.4) is 0 Å². The molecule has 0 fully saturated rings. The van der Waals surface area contributed by atoms with E-state index in [1.165, 1.54) is 96.0 Å². The van der Waals surface area contributed by atoms with Crippen LogP contribution in [0, 0.1) is 0 Å². The van der Waals surface area contributed by atoms with Gasteiger partial charge in [0.1, 0.15) is 6.61 Å². The van der Waals surface area contributed by atoms with Crippen molar-refractivity contribution in [2.75, 3.05) is 26.4 Å². The lowest BCUT2D eigenvalue weighted by atomic mass is 10.1. The molecule has 9 nitrogen and oxygen atoms in total. The van der Waals surface area contributed by atoms with Crippen molar-refractivity contribution in [3.63, 3.8) is 0 Å². The molecule has 0 aliphatic rings. The molecule has 0 spiro atoms. The van der Waals surface area contributed by atoms with Crippen molar-refractivity contribution in [3.8, 4) is 0 Å². The van der Waals surface area contributed by atoms with Crippen molar-refractivity contribution in [2.24, 2.45) is 5.73 Å². The molecule has 2 atom stereocenters. The van der Waals surface area contributed by atoms with Gasteiger partial charge in [0.05, 0.1) is 13.2 Å². The maximum absolute atomic E-state index is 12.5. The van der Waals surface area contributed by atoms with Crippen LogP contribution in [0.25, 0.3) is 0 Å². The summed E-state index contributed by atoms with van der Waals surface area (Å²) in [5.74, 6) is -1.10. The van der Waals surface area contributed by atoms with E-state index < -0.39 is 32.5 Å². The third-order valence-corrected chi connectivity index (χ3v) is 9.30. The van der Waals surface area contributed by atoms with Gasteiger partial charge in [0.25, 0.3) is 0 Å². The molecular formula is C41H74NO8P. The van der Waals surface area contributed by atoms with E-state index in [-0.39, 0.29) is 26.2 Å². The first-order valence-electron chi connectivity index (χ1n) is 20.2. The van der Waals surface area contributed by atoms with Gasteiger partial charge in [-0.1, -0.05) is 159 Å². The number of nitrogens with two attached hydrogens (primary N) is 1. The lowest BCUT2D eigenvalue weighted by Gasteiger charge is -2.19. The Bertz CT molecular complexity index is 981. The zero-order valence-corrected chi connectivity index (χ0v) is 33.2. The molecular weight excluding hydrogens is 665 g/mol. The predicted molar refractivity (Wildman–Crippen MR) is 210 cm³/mol. The molecule has 0 saturated carbocycles. The molecule has 0 heterocycles. The minimum absolute atomic E-state index is 0.0390. The van der Waals surface area contributed by atoms with Crippen LogP contribution in [0.15, 0.2) is 48.6 Å². The van der Waals surface area contributed by atoms with Crippen molar-refractivity contribution in [3.05, 3.63) is 48.6 Å². The number of hydrogen-bond donors (Lipinski definition) is 2. The molecule has 0 aromatic heterocycles. The Labute approximate surface area is 311 Å². The molecule has 0 saturated heterocycles. The number of allylic oxidation sites excluding steroid dienone is 7. The summed E-state index contributed by atoms with van der Waals surface area (Å²) < 4.78 is 32.5. The van der Waals surface area contributed by atoms with Gasteiger partial charge in [-0.05, 0) is 44.9 Å². The van der Waals surface area contributed by atoms with E-state index in [4.69, 9.17) is 24.3 Å². The average molecular weight is 740 g/mol. The molecule has 0 amide bonds. The second-order valence-electron chi connectivity index (χ2n) is 13.3. The summed E-state index contributed by atoms with van der Waals surface area (Å²) in [5.41, 5.74) is 5.33. The summed E-state index contributed by atoms with van der Waals surface area (Å²) in [4.78, 5) is 34.6. The average Bonchev–Trinajstić information content (AvgIpc) is 3.11. The third kappa shape index (κ3) is 37.5. The Morgan fingerprint density at radius 3 is 1.59 bits per heavy atom. The molecule has 10 heteroatoms. The van der Waals surface area contributed by atoms with Crippen molar-refractivity contribution in [1.29, 1.82) is 0 Å². The van der Waals surface area contributed by atoms with E-state index in [1.807, 2.05) is 12.2 Å². The largest absolute Gasteiger partial charge is 0.472 e. The quantitative estimate of drug-likeness (QED) is 0.0210. The molecule has 0 radical (unpaired) electrons. The molecule has 0 bridgehead atoms. The van der Waals surface area contributed by atoms with Crippen LogP contribution in [0.4, 0.5) is 0 Å². The monoisotopic (exact) mass is 740 g/mol. The molecule has 296 valence electrons. The van der Waals surface area contributed by atoms with Gasteiger partial charge in [0, 0.05) is 19.0 Å². The maximum Gasteiger partial charge on any atom is 0.472 e. The number of hydrogen-bond acceptors (Lipinski definition) is 8. The normalized spacial score (nSPS) is 13.9. The number of phosphoric acid groups is 1. The Kier molecular flexibility index (Phi) is 36.2. The summed E-state index contributed by atoms with van der Waals surface area (Å²) >= 11 is 0. The highest BCUT2D eigenvalue weighted by molar-refractivity contribution is 7.47. The summed E-state index contributed by atoms with van der Waals surface area (Å²) in [6.07, 6.45) is 42.0. The van der Waals surface area contributed by atoms with Crippen LogP contribution < -0.4 is 5.73 Å². The molecule has 0 aliphatic carbocycles. The second-order valence-corrected chi connectivity index (χ2v) is 14.7. The van der Waals surface area contributed by atoms with Gasteiger partial charge >= 0.3 is 19.8 Å². The maximum atomic E-state index is 12.5. The van der Waals surface area contributed by atoms with Gasteiger partial charge in [0.15, 0.2) is 6.10 Å². The Morgan fingerprint density at radius 2 is 1.08 bits per heavy atom. The first-order chi connectivity index (χ1) is 24.8. The van der Waals surface area contributed by atoms with Crippen LogP contribution in [-0.4, -0.2) is 49.3 Å². The van der Waals surface area contributed by atoms with Crippen molar-refractivity contribution >= 4 is 19.8 Å². The van der Waals surface area contributed by atoms with Gasteiger partial charge < -0.3 is 20.1 Å². The highest BCUT2D eigenvalue weighted by atomic mass is 31.2. The fraction of sp³-hybridized carbons (Fsp3) is 0.756. The lowest BCUT2D eigenvalue weighted by molar-refractivity contribution is -0.159. The first-order valence-corrected chi connectivity index (χ1v) is 21.7. The van der Waals surface area contributed by atoms with Crippen molar-refractivity contribution in [2.45, 2.75) is 174 Å². The van der Waals surface area contributed by atoms with Crippen LogP contribution in [0.5, 0.6) is 0 Å². The van der Waals surface area contributed by atoms with Crippen molar-refractivity contribution < 1.29 is 37.6 Å².